The Balaban J connectivity index is 0.000000147. The van der Waals surface area contributed by atoms with E-state index in [1.807, 2.05) is 27.7 Å². The van der Waals surface area contributed by atoms with Gasteiger partial charge in [0.15, 0.2) is 22.8 Å². The Morgan fingerprint density at radius 2 is 0.636 bits per heavy atom. The van der Waals surface area contributed by atoms with Crippen LogP contribution in [0.4, 0.5) is 52.7 Å². The second kappa shape index (κ2) is 40.1. The zero-order chi connectivity index (χ0) is 92.9. The molecule has 8 aromatic rings. The Bertz CT molecular complexity index is 5410. The lowest BCUT2D eigenvalue weighted by Gasteiger charge is -2.33. The fourth-order valence-corrected chi connectivity index (χ4v) is 20.3. The van der Waals surface area contributed by atoms with Crippen molar-refractivity contribution in [2.24, 2.45) is 17.8 Å². The van der Waals surface area contributed by atoms with E-state index in [-0.39, 0.29) is 95.3 Å². The Hall–Kier alpha value is -10.4. The largest absolute Gasteiger partial charge is 0.416 e. The lowest BCUT2D eigenvalue weighted by Crippen LogP contribution is -2.41. The van der Waals surface area contributed by atoms with Crippen LogP contribution in [-0.4, -0.2) is 214 Å². The summed E-state index contributed by atoms with van der Waals surface area (Å²) >= 11 is 0. The van der Waals surface area contributed by atoms with Gasteiger partial charge in [-0.3, -0.25) is 54.1 Å². The molecule has 0 unspecified atom stereocenters. The van der Waals surface area contributed by atoms with Crippen LogP contribution in [0.3, 0.4) is 0 Å². The van der Waals surface area contributed by atoms with Crippen LogP contribution < -0.4 is 0 Å². The first-order valence-electron chi connectivity index (χ1n) is 44.4. The number of rotatable bonds is 15. The molecule has 4 aromatic carbocycles. The summed E-state index contributed by atoms with van der Waals surface area (Å²) in [4.78, 5) is 89.8. The summed E-state index contributed by atoms with van der Waals surface area (Å²) in [6, 6.07) is 22.8. The molecule has 0 radical (unpaired) electrons. The normalized spacial score (nSPS) is 18.0. The molecule has 698 valence electrons. The third-order valence-corrected chi connectivity index (χ3v) is 28.1. The highest BCUT2D eigenvalue weighted by Crippen LogP contribution is 2.45. The summed E-state index contributed by atoms with van der Waals surface area (Å²) in [5.74, 6) is -0.782. The fraction of sp³-hybridized carbons (Fsp3) is 0.543. The molecule has 0 spiro atoms. The van der Waals surface area contributed by atoms with E-state index in [9.17, 15) is 89.9 Å². The van der Waals surface area contributed by atoms with Crippen LogP contribution >= 0.6 is 0 Å². The number of fused-ring (bicyclic) bond motifs is 4. The summed E-state index contributed by atoms with van der Waals surface area (Å²) in [6.07, 6.45) is -11.0. The van der Waals surface area contributed by atoms with Crippen molar-refractivity contribution in [1.29, 1.82) is 0 Å². The number of hydrogen-bond acceptors (Lipinski definition) is 13. The number of piperidine rings is 4. The number of aromatic nitrogens is 8. The molecule has 0 bridgehead atoms. The van der Waals surface area contributed by atoms with Gasteiger partial charge in [0.05, 0.1) is 69.9 Å². The predicted molar refractivity (Wildman–Crippen MR) is 456 cm³/mol. The van der Waals surface area contributed by atoms with E-state index in [2.05, 4.69) is 59.5 Å². The first-order chi connectivity index (χ1) is 61.0. The van der Waals surface area contributed by atoms with Gasteiger partial charge in [0.25, 0.3) is 23.6 Å². The third-order valence-electron chi connectivity index (χ3n) is 25.9. The number of halogens is 12. The molecule has 8 aliphatic rings. The molecule has 8 aliphatic heterocycles. The Morgan fingerprint density at radius 3 is 0.930 bits per heavy atom. The highest BCUT2D eigenvalue weighted by molar-refractivity contribution is 7.89. The second-order valence-corrected chi connectivity index (χ2v) is 38.6. The van der Waals surface area contributed by atoms with Gasteiger partial charge in [0.2, 0.25) is 21.8 Å². The Kier molecular flexibility index (Phi) is 29.9. The van der Waals surface area contributed by atoms with Crippen molar-refractivity contribution in [3.05, 3.63) is 209 Å². The van der Waals surface area contributed by atoms with Crippen molar-refractivity contribution < 1.29 is 89.9 Å². The molecule has 4 fully saturated rings. The number of hydrogen-bond donors (Lipinski definition) is 4. The highest BCUT2D eigenvalue weighted by atomic mass is 32.2. The van der Waals surface area contributed by atoms with Gasteiger partial charge >= 0.3 is 24.7 Å². The van der Waals surface area contributed by atoms with Crippen LogP contribution in [0.1, 0.15) is 268 Å². The molecule has 129 heavy (non-hydrogen) atoms. The fourth-order valence-electron chi connectivity index (χ4n) is 19.1. The number of aromatic amines is 4. The number of alkyl halides is 12. The molecule has 0 atom stereocenters. The minimum absolute atomic E-state index is 0.0688. The van der Waals surface area contributed by atoms with Gasteiger partial charge in [-0.05, 0) is 173 Å². The molecule has 24 nitrogen and oxygen atoms in total. The summed E-state index contributed by atoms with van der Waals surface area (Å²) in [5, 5.41) is 28.1. The second-order valence-electron chi connectivity index (χ2n) is 36.1. The molecule has 4 N–H and O–H groups in total. The topological polar surface area (TPSA) is 277 Å². The summed E-state index contributed by atoms with van der Waals surface area (Å²) in [7, 11) is -3.41. The standard InChI is InChI=1S/C24H29F3N4O2.C23H27F3N4O2.C23H29F3N4O.C22H27F3N4O3S/c1-15(2)13-21(32)31-12-9-18-20(14-31)28-29-22(18)23(33)30-10-7-16(8-11-30)17-5-3-4-6-19(17)24(25,26)27;1-14(2)21(31)30-12-9-17-19(13-30)27-28-20(17)22(32)29-10-7-15(8-11-29)16-5-3-4-6-18(16)23(24,25)26;1-15(2)13-29-10-9-18-20(14-29)27-28-21(18)22(31)30-11-7-16(8-12-30)17-5-3-4-6-19(17)23(24,25)26;1-14(2)33(31,32)29-12-9-17-19(13-29)26-27-20(17)21(30)28-10-7-15(8-11-28)16-5-3-4-6-18(16)22(23,24)25/h3-6,15-16H,7-14H2,1-2H3,(H,28,29);3-6,14-15H,7-13H2,1-2H3,(H,27,28);3-6,15-16H,7-14H2,1-2H3,(H,27,28);3-6,14-15H,7-13H2,1-2H3,(H,26,27). The van der Waals surface area contributed by atoms with E-state index in [4.69, 9.17) is 0 Å². The van der Waals surface area contributed by atoms with Crippen molar-refractivity contribution in [2.75, 3.05) is 85.1 Å². The number of benzene rings is 4. The number of likely N-dealkylation sites (tertiary alicyclic amines) is 4. The number of carbonyl (C=O) groups excluding carboxylic acids is 6. The van der Waals surface area contributed by atoms with Gasteiger partial charge < -0.3 is 29.4 Å². The minimum Gasteiger partial charge on any atom is -0.337 e. The number of H-pyrrole nitrogens is 4. The van der Waals surface area contributed by atoms with E-state index >= 15 is 0 Å². The zero-order valence-electron chi connectivity index (χ0n) is 73.6. The van der Waals surface area contributed by atoms with Crippen LogP contribution in [0.25, 0.3) is 0 Å². The van der Waals surface area contributed by atoms with Crippen LogP contribution in [0.2, 0.25) is 0 Å². The quantitative estimate of drug-likeness (QED) is 0.0696. The van der Waals surface area contributed by atoms with E-state index < -0.39 is 62.2 Å². The number of carbonyl (C=O) groups is 6. The number of nitrogens with zero attached hydrogens (tertiary/aromatic N) is 12. The van der Waals surface area contributed by atoms with E-state index in [0.29, 0.717) is 201 Å². The average Bonchev–Trinajstić information content (AvgIpc) is 1.74. The van der Waals surface area contributed by atoms with E-state index in [1.54, 1.807) is 85.7 Å². The molecule has 37 heteroatoms. The van der Waals surface area contributed by atoms with E-state index in [0.717, 1.165) is 89.7 Å². The molecular formula is C92H112F12N16O8S. The van der Waals surface area contributed by atoms with E-state index in [1.165, 1.54) is 34.6 Å². The summed E-state index contributed by atoms with van der Waals surface area (Å²) in [5.41, 5.74) is 6.95. The maximum Gasteiger partial charge on any atom is 0.416 e. The molecule has 0 saturated carbocycles. The monoisotopic (exact) mass is 1830 g/mol. The van der Waals surface area contributed by atoms with Gasteiger partial charge in [0, 0.05) is 126 Å². The van der Waals surface area contributed by atoms with Crippen LogP contribution in [-0.2, 0) is 96.2 Å². The molecule has 4 saturated heterocycles. The SMILES string of the molecule is CC(C)C(=O)N1CCc2c(C(=O)N3CCC(c4ccccc4C(F)(F)F)CC3)n[nH]c2C1.CC(C)CC(=O)N1CCc2c(C(=O)N3CCC(c4ccccc4C(F)(F)F)CC3)n[nH]c2C1.CC(C)CN1CCc2c(C(=O)N3CCC(c4ccccc4C(F)(F)F)CC3)n[nH]c2C1.CC(C)S(=O)(=O)N1CCc2c(C(=O)N3CCC(c4ccccc4C(F)(F)F)CC3)n[nH]c2C1. The minimum atomic E-state index is -4.41. The van der Waals surface area contributed by atoms with Crippen LogP contribution in [0, 0.1) is 17.8 Å². The smallest absolute Gasteiger partial charge is 0.337 e. The first-order valence-corrected chi connectivity index (χ1v) is 45.9. The highest BCUT2D eigenvalue weighted by Gasteiger charge is 2.44. The van der Waals surface area contributed by atoms with Gasteiger partial charge in [0.1, 0.15) is 0 Å². The first kappa shape index (κ1) is 96.1. The lowest BCUT2D eigenvalue weighted by molar-refractivity contribution is -0.139. The maximum absolute atomic E-state index is 13.4. The molecule has 12 heterocycles. The van der Waals surface area contributed by atoms with Gasteiger partial charge in [-0.2, -0.15) is 77.4 Å². The van der Waals surface area contributed by atoms with Crippen molar-refractivity contribution >= 4 is 45.5 Å². The lowest BCUT2D eigenvalue weighted by atomic mass is 9.86. The van der Waals surface area contributed by atoms with Crippen molar-refractivity contribution in [1.82, 2.24) is 79.4 Å². The zero-order valence-corrected chi connectivity index (χ0v) is 74.5. The Labute approximate surface area is 742 Å². The molecule has 0 aliphatic carbocycles. The molecule has 4 aromatic heterocycles. The van der Waals surface area contributed by atoms with Crippen molar-refractivity contribution in [3.63, 3.8) is 0 Å². The molecule has 16 rings (SSSR count). The number of amides is 6. The molecule has 6 amide bonds. The van der Waals surface area contributed by atoms with Gasteiger partial charge in [-0.1, -0.05) is 114 Å². The summed E-state index contributed by atoms with van der Waals surface area (Å²) < 4.78 is 187. The van der Waals surface area contributed by atoms with Gasteiger partial charge in [-0.15, -0.1) is 0 Å². The van der Waals surface area contributed by atoms with Crippen LogP contribution in [0.5, 0.6) is 0 Å². The predicted octanol–water partition coefficient (Wildman–Crippen LogP) is 16.4. The number of nitrogens with one attached hydrogen (secondary N) is 4. The summed E-state index contributed by atoms with van der Waals surface area (Å²) in [6.45, 7) is 23.5. The van der Waals surface area contributed by atoms with Crippen molar-refractivity contribution in [3.8, 4) is 0 Å². The van der Waals surface area contributed by atoms with Crippen molar-refractivity contribution in [2.45, 2.75) is 219 Å². The maximum atomic E-state index is 13.4. The van der Waals surface area contributed by atoms with Gasteiger partial charge in [-0.25, -0.2) is 8.42 Å². The molecular weight excluding hydrogens is 1720 g/mol. The Morgan fingerprint density at radius 1 is 0.357 bits per heavy atom. The number of sulfonamides is 1. The van der Waals surface area contributed by atoms with Crippen LogP contribution in [0.15, 0.2) is 97.1 Å². The average molecular weight is 1830 g/mol. The third kappa shape index (κ3) is 22.3.